The Morgan fingerprint density at radius 2 is 1.90 bits per heavy atom. The van der Waals surface area contributed by atoms with Gasteiger partial charge in [0.2, 0.25) is 0 Å². The van der Waals surface area contributed by atoms with E-state index in [1.165, 1.54) is 20.1 Å². The van der Waals surface area contributed by atoms with Crippen LogP contribution in [0.4, 0.5) is 4.79 Å². The van der Waals surface area contributed by atoms with Crippen LogP contribution in [0.5, 0.6) is 11.5 Å². The number of nitrogens with zero attached hydrogens (tertiary/aromatic N) is 1. The topological polar surface area (TPSA) is 108 Å². The number of rotatable bonds is 9. The van der Waals surface area contributed by atoms with Gasteiger partial charge in [0.15, 0.2) is 18.1 Å². The van der Waals surface area contributed by atoms with E-state index >= 15 is 0 Å². The minimum Gasteiger partial charge on any atom is -0.490 e. The number of carbonyl (C=O) groups excluding carboxylic acids is 4. The van der Waals surface area contributed by atoms with E-state index in [9.17, 15) is 19.2 Å². The summed E-state index contributed by atoms with van der Waals surface area (Å²) in [6, 6.07) is 2.34. The third-order valence-corrected chi connectivity index (χ3v) is 5.71. The second-order valence-electron chi connectivity index (χ2n) is 6.11. The Bertz CT molecular complexity index is 917. The van der Waals surface area contributed by atoms with E-state index in [0.717, 1.165) is 16.7 Å². The molecule has 0 spiro atoms. The number of carbonyl (C=O) groups is 4. The highest BCUT2D eigenvalue weighted by Crippen LogP contribution is 2.38. The molecule has 1 fully saturated rings. The number of methoxy groups -OCH3 is 1. The van der Waals surface area contributed by atoms with Crippen molar-refractivity contribution in [2.75, 3.05) is 26.9 Å². The first-order valence-corrected chi connectivity index (χ1v) is 11.2. The fourth-order valence-electron chi connectivity index (χ4n) is 2.65. The van der Waals surface area contributed by atoms with Crippen LogP contribution >= 0.6 is 34.4 Å². The van der Waals surface area contributed by atoms with E-state index in [0.29, 0.717) is 27.2 Å². The van der Waals surface area contributed by atoms with Gasteiger partial charge < -0.3 is 18.9 Å². The first-order chi connectivity index (χ1) is 14.7. The number of imide groups is 1. The third kappa shape index (κ3) is 6.12. The molecule has 1 atom stereocenters. The number of benzene rings is 1. The Balaban J connectivity index is 2.31. The maximum atomic E-state index is 12.7. The molecule has 31 heavy (non-hydrogen) atoms. The second-order valence-corrected chi connectivity index (χ2v) is 8.26. The van der Waals surface area contributed by atoms with Crippen molar-refractivity contribution in [1.82, 2.24) is 4.90 Å². The van der Waals surface area contributed by atoms with E-state index in [1.807, 2.05) is 22.6 Å². The number of thioether (sulfide) groups is 1. The third-order valence-electron chi connectivity index (χ3n) is 4.02. The lowest BCUT2D eigenvalue weighted by molar-refractivity contribution is -0.148. The molecule has 1 saturated heterocycles. The first-order valence-electron chi connectivity index (χ1n) is 9.33. The van der Waals surface area contributed by atoms with E-state index in [1.54, 1.807) is 26.0 Å². The van der Waals surface area contributed by atoms with Crippen molar-refractivity contribution in [3.63, 3.8) is 0 Å². The average Bonchev–Trinajstić information content (AvgIpc) is 2.99. The lowest BCUT2D eigenvalue weighted by Gasteiger charge is -2.18. The van der Waals surface area contributed by atoms with Gasteiger partial charge >= 0.3 is 11.9 Å². The summed E-state index contributed by atoms with van der Waals surface area (Å²) in [5.74, 6) is -1.01. The smallest absolute Gasteiger partial charge is 0.344 e. The molecule has 9 nitrogen and oxygen atoms in total. The van der Waals surface area contributed by atoms with Crippen molar-refractivity contribution in [3.8, 4) is 11.5 Å². The average molecular weight is 563 g/mol. The highest BCUT2D eigenvalue weighted by atomic mass is 127. The number of hydrogen-bond acceptors (Lipinski definition) is 9. The van der Waals surface area contributed by atoms with Crippen molar-refractivity contribution in [1.29, 1.82) is 0 Å². The Kier molecular flexibility index (Phi) is 9.16. The second kappa shape index (κ2) is 11.4. The van der Waals surface area contributed by atoms with Crippen molar-refractivity contribution in [2.45, 2.75) is 26.8 Å². The van der Waals surface area contributed by atoms with Crippen LogP contribution in [0.1, 0.15) is 26.3 Å². The zero-order valence-corrected chi connectivity index (χ0v) is 20.4. The van der Waals surface area contributed by atoms with Crippen LogP contribution in [0.3, 0.4) is 0 Å². The van der Waals surface area contributed by atoms with Gasteiger partial charge in [0.1, 0.15) is 6.04 Å². The first kappa shape index (κ1) is 25.0. The normalized spacial score (nSPS) is 15.8. The van der Waals surface area contributed by atoms with Gasteiger partial charge in [-0.25, -0.2) is 9.59 Å². The number of hydrogen-bond donors (Lipinski definition) is 0. The zero-order chi connectivity index (χ0) is 23.1. The maximum Gasteiger partial charge on any atom is 0.344 e. The van der Waals surface area contributed by atoms with Crippen LogP contribution in [-0.2, 0) is 23.9 Å². The van der Waals surface area contributed by atoms with E-state index < -0.39 is 29.1 Å². The number of amides is 2. The molecule has 2 amide bonds. The Morgan fingerprint density at radius 3 is 2.52 bits per heavy atom. The summed E-state index contributed by atoms with van der Waals surface area (Å²) >= 11 is 2.76. The summed E-state index contributed by atoms with van der Waals surface area (Å²) in [6.07, 6.45) is 1.54. The standard InChI is InChI=1S/C20H22INO8S/c1-5-28-14-8-12(7-13(21)17(14)30-10-16(23)29-6-2)9-15-18(24)22(20(26)31-15)11(3)19(25)27-4/h7-9,11H,5-6,10H2,1-4H3/b15-9+/t11-/m1/s1. The van der Waals surface area contributed by atoms with Gasteiger partial charge in [0.25, 0.3) is 11.1 Å². The van der Waals surface area contributed by atoms with Gasteiger partial charge in [-0.1, -0.05) is 0 Å². The summed E-state index contributed by atoms with van der Waals surface area (Å²) in [6.45, 7) is 5.26. The Morgan fingerprint density at radius 1 is 1.19 bits per heavy atom. The predicted octanol–water partition coefficient (Wildman–Crippen LogP) is 3.23. The number of halogens is 1. The predicted molar refractivity (Wildman–Crippen MR) is 122 cm³/mol. The molecule has 1 aromatic carbocycles. The molecule has 1 aliphatic rings. The molecule has 11 heteroatoms. The Hall–Kier alpha value is -2.28. The Labute approximate surface area is 197 Å². The SMILES string of the molecule is CCOC(=O)COc1c(I)cc(/C=C2/SC(=O)N([C@H](C)C(=O)OC)C2=O)cc1OCC. The van der Waals surface area contributed by atoms with Gasteiger partial charge in [-0.2, -0.15) is 0 Å². The fourth-order valence-corrected chi connectivity index (χ4v) is 4.34. The van der Waals surface area contributed by atoms with Gasteiger partial charge in [-0.15, -0.1) is 0 Å². The van der Waals surface area contributed by atoms with E-state index in [4.69, 9.17) is 14.2 Å². The number of esters is 2. The minimum absolute atomic E-state index is 0.166. The molecule has 0 aromatic heterocycles. The summed E-state index contributed by atoms with van der Waals surface area (Å²) in [7, 11) is 1.19. The van der Waals surface area contributed by atoms with Crippen LogP contribution in [0.2, 0.25) is 0 Å². The van der Waals surface area contributed by atoms with E-state index in [2.05, 4.69) is 4.74 Å². The largest absolute Gasteiger partial charge is 0.490 e. The number of ether oxygens (including phenoxy) is 4. The molecule has 1 heterocycles. The van der Waals surface area contributed by atoms with Gasteiger partial charge in [-0.05, 0) is 78.9 Å². The molecule has 168 valence electrons. The van der Waals surface area contributed by atoms with Crippen LogP contribution in [-0.4, -0.2) is 61.0 Å². The molecule has 0 unspecified atom stereocenters. The summed E-state index contributed by atoms with van der Waals surface area (Å²) in [4.78, 5) is 49.3. The molecule has 2 rings (SSSR count). The quantitative estimate of drug-likeness (QED) is 0.254. The summed E-state index contributed by atoms with van der Waals surface area (Å²) < 4.78 is 21.3. The minimum atomic E-state index is -1.03. The highest BCUT2D eigenvalue weighted by molar-refractivity contribution is 14.1. The van der Waals surface area contributed by atoms with Crippen molar-refractivity contribution in [3.05, 3.63) is 26.2 Å². The lowest BCUT2D eigenvalue weighted by Crippen LogP contribution is -2.42. The molecular weight excluding hydrogens is 541 g/mol. The van der Waals surface area contributed by atoms with Crippen LogP contribution in [0.15, 0.2) is 17.0 Å². The van der Waals surface area contributed by atoms with Gasteiger partial charge in [0.05, 0.1) is 28.8 Å². The van der Waals surface area contributed by atoms with Crippen molar-refractivity contribution >= 4 is 63.5 Å². The molecule has 0 N–H and O–H groups in total. The molecule has 0 radical (unpaired) electrons. The van der Waals surface area contributed by atoms with Gasteiger partial charge in [-0.3, -0.25) is 14.5 Å². The van der Waals surface area contributed by atoms with Crippen molar-refractivity contribution < 1.29 is 38.1 Å². The van der Waals surface area contributed by atoms with Crippen LogP contribution in [0, 0.1) is 3.57 Å². The molecule has 1 aromatic rings. The lowest BCUT2D eigenvalue weighted by atomic mass is 10.1. The monoisotopic (exact) mass is 563 g/mol. The molecule has 1 aliphatic heterocycles. The molecular formula is C20H22INO8S. The van der Waals surface area contributed by atoms with Crippen LogP contribution in [0.25, 0.3) is 6.08 Å². The van der Waals surface area contributed by atoms with E-state index in [-0.39, 0.29) is 18.1 Å². The molecule has 0 saturated carbocycles. The highest BCUT2D eigenvalue weighted by Gasteiger charge is 2.41. The van der Waals surface area contributed by atoms with Crippen LogP contribution < -0.4 is 9.47 Å². The molecule has 0 aliphatic carbocycles. The van der Waals surface area contributed by atoms with Crippen molar-refractivity contribution in [2.24, 2.45) is 0 Å². The summed E-state index contributed by atoms with van der Waals surface area (Å²) in [5, 5.41) is -0.553. The molecule has 0 bridgehead atoms. The maximum absolute atomic E-state index is 12.7. The van der Waals surface area contributed by atoms with Gasteiger partial charge in [0, 0.05) is 0 Å². The zero-order valence-electron chi connectivity index (χ0n) is 17.4. The fraction of sp³-hybridized carbons (Fsp3) is 0.400. The summed E-state index contributed by atoms with van der Waals surface area (Å²) in [5.41, 5.74) is 0.590.